The first-order valence-electron chi connectivity index (χ1n) is 7.22. The van der Waals surface area contributed by atoms with Gasteiger partial charge in [-0.05, 0) is 37.5 Å². The summed E-state index contributed by atoms with van der Waals surface area (Å²) in [7, 11) is 0. The maximum Gasteiger partial charge on any atom is 0.0558 e. The minimum absolute atomic E-state index is 0.274. The highest BCUT2D eigenvalue weighted by Crippen LogP contribution is 2.19. The van der Waals surface area contributed by atoms with E-state index in [9.17, 15) is 0 Å². The number of β-amino-alcohol motifs (C(OH)–C–C–N with tert-alkyl or cyclic N) is 1. The zero-order valence-corrected chi connectivity index (χ0v) is 12.4. The van der Waals surface area contributed by atoms with Crippen LogP contribution in [0.2, 0.25) is 0 Å². The molecule has 0 aliphatic carbocycles. The lowest BCUT2D eigenvalue weighted by atomic mass is 9.99. The minimum atomic E-state index is 0.274. The van der Waals surface area contributed by atoms with Crippen LogP contribution >= 0.6 is 0 Å². The minimum Gasteiger partial charge on any atom is -0.395 e. The van der Waals surface area contributed by atoms with E-state index in [1.807, 2.05) is 0 Å². The first-order valence-corrected chi connectivity index (χ1v) is 7.22. The van der Waals surface area contributed by atoms with Gasteiger partial charge in [-0.2, -0.15) is 0 Å². The number of aryl methyl sites for hydroxylation is 3. The van der Waals surface area contributed by atoms with Crippen molar-refractivity contribution in [2.45, 2.75) is 27.3 Å². The summed E-state index contributed by atoms with van der Waals surface area (Å²) in [5.74, 6) is 0. The lowest BCUT2D eigenvalue weighted by Crippen LogP contribution is -2.46. The van der Waals surface area contributed by atoms with Gasteiger partial charge in [0.1, 0.15) is 0 Å². The van der Waals surface area contributed by atoms with Crippen molar-refractivity contribution in [3.05, 3.63) is 34.4 Å². The molecular formula is C16H26N2O. The van der Waals surface area contributed by atoms with Gasteiger partial charge in [-0.15, -0.1) is 0 Å². The molecule has 0 bridgehead atoms. The Morgan fingerprint density at radius 2 is 1.47 bits per heavy atom. The Kier molecular flexibility index (Phi) is 4.97. The summed E-state index contributed by atoms with van der Waals surface area (Å²) in [6, 6.07) is 4.56. The van der Waals surface area contributed by atoms with E-state index in [2.05, 4.69) is 42.7 Å². The average molecular weight is 262 g/mol. The summed E-state index contributed by atoms with van der Waals surface area (Å²) in [6.45, 7) is 13.1. The van der Waals surface area contributed by atoms with Crippen molar-refractivity contribution < 1.29 is 5.11 Å². The number of piperazine rings is 1. The number of nitrogens with zero attached hydrogens (tertiary/aromatic N) is 2. The third-order valence-corrected chi connectivity index (χ3v) is 4.10. The van der Waals surface area contributed by atoms with Gasteiger partial charge < -0.3 is 5.11 Å². The van der Waals surface area contributed by atoms with Gasteiger partial charge in [-0.3, -0.25) is 9.80 Å². The second-order valence-electron chi connectivity index (χ2n) is 5.72. The number of aliphatic hydroxyl groups excluding tert-OH is 1. The molecule has 1 aliphatic heterocycles. The quantitative estimate of drug-likeness (QED) is 0.895. The van der Waals surface area contributed by atoms with Crippen molar-refractivity contribution in [1.82, 2.24) is 9.80 Å². The van der Waals surface area contributed by atoms with E-state index in [1.54, 1.807) is 0 Å². The lowest BCUT2D eigenvalue weighted by molar-refractivity contribution is 0.108. The molecule has 3 heteroatoms. The topological polar surface area (TPSA) is 26.7 Å². The fourth-order valence-corrected chi connectivity index (χ4v) is 3.00. The van der Waals surface area contributed by atoms with E-state index in [-0.39, 0.29) is 6.61 Å². The van der Waals surface area contributed by atoms with E-state index >= 15 is 0 Å². The number of aliphatic hydroxyl groups is 1. The Balaban J connectivity index is 1.96. The van der Waals surface area contributed by atoms with Crippen LogP contribution in [0.3, 0.4) is 0 Å². The molecule has 0 aromatic heterocycles. The largest absolute Gasteiger partial charge is 0.395 e. The van der Waals surface area contributed by atoms with Crippen LogP contribution in [0, 0.1) is 20.8 Å². The molecule has 1 saturated heterocycles. The van der Waals surface area contributed by atoms with Gasteiger partial charge in [0.15, 0.2) is 0 Å². The standard InChI is InChI=1S/C16H26N2O/c1-13-10-14(2)16(15(3)11-13)12-18-6-4-17(5-7-18)8-9-19/h10-11,19H,4-9,12H2,1-3H3. The molecule has 0 radical (unpaired) electrons. The second-order valence-corrected chi connectivity index (χ2v) is 5.72. The van der Waals surface area contributed by atoms with Gasteiger partial charge in [-0.25, -0.2) is 0 Å². The fraction of sp³-hybridized carbons (Fsp3) is 0.625. The molecule has 0 saturated carbocycles. The zero-order chi connectivity index (χ0) is 13.8. The molecule has 0 amide bonds. The number of hydrogen-bond acceptors (Lipinski definition) is 3. The molecule has 2 rings (SSSR count). The monoisotopic (exact) mass is 262 g/mol. The van der Waals surface area contributed by atoms with Crippen LogP contribution in [0.4, 0.5) is 0 Å². The number of benzene rings is 1. The van der Waals surface area contributed by atoms with Gasteiger partial charge in [0.05, 0.1) is 6.61 Å². The van der Waals surface area contributed by atoms with Crippen LogP contribution in [0.1, 0.15) is 22.3 Å². The molecule has 3 nitrogen and oxygen atoms in total. The van der Waals surface area contributed by atoms with Crippen LogP contribution in [-0.2, 0) is 6.54 Å². The van der Waals surface area contributed by atoms with E-state index < -0.39 is 0 Å². The Labute approximate surface area is 116 Å². The molecule has 1 aromatic carbocycles. The highest BCUT2D eigenvalue weighted by molar-refractivity contribution is 5.37. The van der Waals surface area contributed by atoms with Gasteiger partial charge in [-0.1, -0.05) is 17.7 Å². The summed E-state index contributed by atoms with van der Waals surface area (Å²) in [5.41, 5.74) is 5.67. The van der Waals surface area contributed by atoms with Crippen LogP contribution in [0.5, 0.6) is 0 Å². The van der Waals surface area contributed by atoms with E-state index in [0.29, 0.717) is 0 Å². The van der Waals surface area contributed by atoms with Crippen LogP contribution < -0.4 is 0 Å². The smallest absolute Gasteiger partial charge is 0.0558 e. The molecular weight excluding hydrogens is 236 g/mol. The fourth-order valence-electron chi connectivity index (χ4n) is 3.00. The van der Waals surface area contributed by atoms with Crippen molar-refractivity contribution >= 4 is 0 Å². The molecule has 1 heterocycles. The highest BCUT2D eigenvalue weighted by atomic mass is 16.3. The molecule has 19 heavy (non-hydrogen) atoms. The lowest BCUT2D eigenvalue weighted by Gasteiger charge is -2.34. The Morgan fingerprint density at radius 3 is 2.00 bits per heavy atom. The first-order chi connectivity index (χ1) is 9.10. The first kappa shape index (κ1) is 14.5. The predicted molar refractivity (Wildman–Crippen MR) is 79.5 cm³/mol. The van der Waals surface area contributed by atoms with Crippen LogP contribution in [0.25, 0.3) is 0 Å². The van der Waals surface area contributed by atoms with Crippen LogP contribution in [-0.4, -0.2) is 54.2 Å². The molecule has 1 N–H and O–H groups in total. The Hall–Kier alpha value is -0.900. The summed E-state index contributed by atoms with van der Waals surface area (Å²) in [4.78, 5) is 4.86. The van der Waals surface area contributed by atoms with E-state index in [4.69, 9.17) is 5.11 Å². The summed E-state index contributed by atoms with van der Waals surface area (Å²) < 4.78 is 0. The Morgan fingerprint density at radius 1 is 0.947 bits per heavy atom. The molecule has 0 atom stereocenters. The molecule has 1 fully saturated rings. The zero-order valence-electron chi connectivity index (χ0n) is 12.4. The second kappa shape index (κ2) is 6.51. The summed E-state index contributed by atoms with van der Waals surface area (Å²) in [5, 5.41) is 8.96. The molecule has 106 valence electrons. The normalized spacial score (nSPS) is 17.9. The SMILES string of the molecule is Cc1cc(C)c(CN2CCN(CCO)CC2)c(C)c1. The number of rotatable bonds is 4. The third-order valence-electron chi connectivity index (χ3n) is 4.10. The highest BCUT2D eigenvalue weighted by Gasteiger charge is 2.17. The van der Waals surface area contributed by atoms with E-state index in [0.717, 1.165) is 39.3 Å². The average Bonchev–Trinajstić information content (AvgIpc) is 2.36. The Bertz CT molecular complexity index is 400. The molecule has 1 aromatic rings. The predicted octanol–water partition coefficient (Wildman–Crippen LogP) is 1.72. The van der Waals surface area contributed by atoms with Gasteiger partial charge in [0, 0.05) is 39.3 Å². The van der Waals surface area contributed by atoms with Crippen molar-refractivity contribution in [3.8, 4) is 0 Å². The van der Waals surface area contributed by atoms with Crippen molar-refractivity contribution in [2.24, 2.45) is 0 Å². The van der Waals surface area contributed by atoms with Gasteiger partial charge in [0.25, 0.3) is 0 Å². The number of hydrogen-bond donors (Lipinski definition) is 1. The van der Waals surface area contributed by atoms with Crippen molar-refractivity contribution in [3.63, 3.8) is 0 Å². The van der Waals surface area contributed by atoms with Crippen molar-refractivity contribution in [1.29, 1.82) is 0 Å². The molecule has 0 unspecified atom stereocenters. The summed E-state index contributed by atoms with van der Waals surface area (Å²) >= 11 is 0. The van der Waals surface area contributed by atoms with Crippen LogP contribution in [0.15, 0.2) is 12.1 Å². The van der Waals surface area contributed by atoms with Gasteiger partial charge in [0.2, 0.25) is 0 Å². The summed E-state index contributed by atoms with van der Waals surface area (Å²) in [6.07, 6.45) is 0. The van der Waals surface area contributed by atoms with Crippen molar-refractivity contribution in [2.75, 3.05) is 39.3 Å². The maximum absolute atomic E-state index is 8.96. The molecule has 1 aliphatic rings. The maximum atomic E-state index is 8.96. The van der Waals surface area contributed by atoms with E-state index in [1.165, 1.54) is 22.3 Å². The molecule has 0 spiro atoms. The van der Waals surface area contributed by atoms with Gasteiger partial charge >= 0.3 is 0 Å². The third kappa shape index (κ3) is 3.78.